The van der Waals surface area contributed by atoms with Crippen molar-refractivity contribution in [1.82, 2.24) is 19.5 Å². The molecule has 11 heteroatoms. The minimum Gasteiger partial charge on any atom is -0.658 e. The molecule has 3 heterocycles. The molecule has 0 bridgehead atoms. The smallest absolute Gasteiger partial charge is 0.280 e. The minimum absolute atomic E-state index is 0.0527. The number of nitrogen functional groups attached to an aromatic ring is 1. The van der Waals surface area contributed by atoms with Crippen LogP contribution in [0.3, 0.4) is 0 Å². The highest BCUT2D eigenvalue weighted by Crippen LogP contribution is 2.48. The van der Waals surface area contributed by atoms with Crippen molar-refractivity contribution in [2.24, 2.45) is 0 Å². The molecule has 1 aliphatic rings. The fraction of sp³-hybridized carbons (Fsp3) is 0.444. The minimum atomic E-state index is -4.55. The number of fused-ring (bicyclic) bond motifs is 1. The van der Waals surface area contributed by atoms with Gasteiger partial charge in [-0.1, -0.05) is 0 Å². The maximum Gasteiger partial charge on any atom is 0.280 e. The van der Waals surface area contributed by atoms with Gasteiger partial charge in [-0.05, 0) is 0 Å². The lowest BCUT2D eigenvalue weighted by Crippen LogP contribution is -2.31. The lowest BCUT2D eigenvalue weighted by atomic mass is 10.2. The van der Waals surface area contributed by atoms with Crippen LogP contribution < -0.4 is 21.1 Å². The van der Waals surface area contributed by atoms with E-state index in [1.807, 2.05) is 0 Å². The summed E-state index contributed by atoms with van der Waals surface area (Å²) in [5.74, 6) is -1.32. The molecular weight excluding hydrogens is 289 g/mol. The van der Waals surface area contributed by atoms with Gasteiger partial charge in [0.15, 0.2) is 17.0 Å². The number of hydrogen-bond acceptors (Lipinski definition) is 8. The normalized spacial score (nSPS) is 23.6. The first-order chi connectivity index (χ1) is 9.36. The molecule has 0 radical (unpaired) electrons. The summed E-state index contributed by atoms with van der Waals surface area (Å²) in [5.41, 5.74) is 5.36. The molecule has 0 amide bonds. The molecule has 3 rings (SSSR count). The van der Waals surface area contributed by atoms with Gasteiger partial charge in [-0.2, -0.15) is 4.98 Å². The highest BCUT2D eigenvalue weighted by Gasteiger charge is 2.37. The second-order valence-electron chi connectivity index (χ2n) is 4.52. The van der Waals surface area contributed by atoms with Crippen molar-refractivity contribution < 1.29 is 19.4 Å². The largest absolute Gasteiger partial charge is 0.658 e. The SMILES string of the molecule is Nc1nc2c(ncn2[C@H]2CO[C@@H]([P+]([O-])([O-])O)C2)c(=O)[nH]1. The van der Waals surface area contributed by atoms with E-state index < -0.39 is 25.4 Å². The number of anilines is 1. The molecule has 2 aromatic rings. The zero-order valence-electron chi connectivity index (χ0n) is 10.1. The highest BCUT2D eigenvalue weighted by atomic mass is 31.2. The molecule has 0 spiro atoms. The number of rotatable bonds is 2. The number of imidazole rings is 1. The van der Waals surface area contributed by atoms with Crippen molar-refractivity contribution in [1.29, 1.82) is 0 Å². The average molecular weight is 300 g/mol. The Balaban J connectivity index is 1.98. The molecule has 4 N–H and O–H groups in total. The van der Waals surface area contributed by atoms with Crippen molar-refractivity contribution in [3.63, 3.8) is 0 Å². The lowest BCUT2D eigenvalue weighted by molar-refractivity contribution is -0.340. The van der Waals surface area contributed by atoms with Crippen LogP contribution in [0.1, 0.15) is 12.5 Å². The maximum atomic E-state index is 11.6. The topological polar surface area (TPSA) is 165 Å². The number of H-pyrrole nitrogens is 1. The van der Waals surface area contributed by atoms with Crippen molar-refractivity contribution in [3.8, 4) is 0 Å². The Morgan fingerprint density at radius 1 is 1.60 bits per heavy atom. The van der Waals surface area contributed by atoms with Gasteiger partial charge < -0.3 is 24.8 Å². The fourth-order valence-corrected chi connectivity index (χ4v) is 3.01. The van der Waals surface area contributed by atoms with Gasteiger partial charge in [0.2, 0.25) is 5.95 Å². The Kier molecular flexibility index (Phi) is 3.00. The Labute approximate surface area is 112 Å². The summed E-state index contributed by atoms with van der Waals surface area (Å²) in [6.07, 6.45) is 1.42. The molecule has 0 aromatic carbocycles. The number of nitrogens with two attached hydrogens (primary N) is 1. The first-order valence-electron chi connectivity index (χ1n) is 5.73. The summed E-state index contributed by atoms with van der Waals surface area (Å²) in [4.78, 5) is 53.0. The summed E-state index contributed by atoms with van der Waals surface area (Å²) >= 11 is 0. The van der Waals surface area contributed by atoms with Gasteiger partial charge in [0.25, 0.3) is 5.56 Å². The standard InChI is InChI=1S/C9H12N5O5P/c10-9-12-7-6(8(15)13-9)11-3-14(7)4-1-5(19-2-4)20(16,17)18/h3-5H,1-2H2,(H2,16,17,18)(H3,10,12,13,15)/p-1/t4-,5+/m1/s1. The van der Waals surface area contributed by atoms with Crippen LogP contribution >= 0.6 is 7.94 Å². The molecule has 2 aromatic heterocycles. The van der Waals surface area contributed by atoms with Gasteiger partial charge in [-0.15, -0.1) is 0 Å². The third-order valence-corrected chi connectivity index (χ3v) is 4.25. The zero-order chi connectivity index (χ0) is 14.5. The predicted molar refractivity (Wildman–Crippen MR) is 65.1 cm³/mol. The molecule has 0 unspecified atom stereocenters. The van der Waals surface area contributed by atoms with E-state index in [0.29, 0.717) is 0 Å². The Morgan fingerprint density at radius 2 is 2.35 bits per heavy atom. The van der Waals surface area contributed by atoms with Crippen LogP contribution in [-0.4, -0.2) is 36.9 Å². The maximum absolute atomic E-state index is 11.6. The molecule has 1 aliphatic heterocycles. The number of ether oxygens (including phenoxy) is 1. The Morgan fingerprint density at radius 3 is 3.00 bits per heavy atom. The van der Waals surface area contributed by atoms with Crippen LogP contribution in [0.5, 0.6) is 0 Å². The van der Waals surface area contributed by atoms with E-state index >= 15 is 0 Å². The van der Waals surface area contributed by atoms with E-state index in [9.17, 15) is 14.6 Å². The number of aromatic nitrogens is 4. The number of nitrogens with zero attached hydrogens (tertiary/aromatic N) is 3. The fourth-order valence-electron chi connectivity index (χ4n) is 2.22. The van der Waals surface area contributed by atoms with E-state index in [1.165, 1.54) is 10.9 Å². The molecule has 2 atom stereocenters. The van der Waals surface area contributed by atoms with Crippen molar-refractivity contribution >= 4 is 25.1 Å². The molecule has 1 fully saturated rings. The molecular formula is C9H11N5O5P-. The van der Waals surface area contributed by atoms with E-state index in [1.54, 1.807) is 0 Å². The molecule has 0 aliphatic carbocycles. The van der Waals surface area contributed by atoms with Gasteiger partial charge >= 0.3 is 0 Å². The van der Waals surface area contributed by atoms with E-state index in [-0.39, 0.29) is 30.1 Å². The van der Waals surface area contributed by atoms with E-state index in [0.717, 1.165) is 0 Å². The predicted octanol–water partition coefficient (Wildman–Crippen LogP) is -2.54. The first kappa shape index (κ1) is 13.4. The van der Waals surface area contributed by atoms with Crippen LogP contribution in [0.2, 0.25) is 0 Å². The van der Waals surface area contributed by atoms with Crippen LogP contribution in [0.15, 0.2) is 11.1 Å². The van der Waals surface area contributed by atoms with Crippen LogP contribution in [0, 0.1) is 0 Å². The molecule has 20 heavy (non-hydrogen) atoms. The number of hydrogen-bond donors (Lipinski definition) is 3. The summed E-state index contributed by atoms with van der Waals surface area (Å²) in [7, 11) is -4.55. The van der Waals surface area contributed by atoms with Gasteiger partial charge in [0.1, 0.15) is 0 Å². The molecule has 1 saturated heterocycles. The van der Waals surface area contributed by atoms with Gasteiger partial charge in [-0.3, -0.25) is 14.7 Å². The van der Waals surface area contributed by atoms with Gasteiger partial charge in [0.05, 0.1) is 26.9 Å². The summed E-state index contributed by atoms with van der Waals surface area (Å²) in [6, 6.07) is -0.395. The molecule has 108 valence electrons. The summed E-state index contributed by atoms with van der Waals surface area (Å²) < 4.78 is 6.57. The van der Waals surface area contributed by atoms with Crippen molar-refractivity contribution in [2.45, 2.75) is 18.3 Å². The third kappa shape index (κ3) is 2.17. The quantitative estimate of drug-likeness (QED) is 0.510. The van der Waals surface area contributed by atoms with Gasteiger partial charge in [0, 0.05) is 6.42 Å². The van der Waals surface area contributed by atoms with Crippen molar-refractivity contribution in [2.75, 3.05) is 12.3 Å². The third-order valence-electron chi connectivity index (χ3n) is 3.16. The Bertz CT molecular complexity index is 707. The van der Waals surface area contributed by atoms with E-state index in [2.05, 4.69) is 15.0 Å². The number of aromatic amines is 1. The first-order valence-corrected chi connectivity index (χ1v) is 7.38. The Hall–Kier alpha value is -1.58. The zero-order valence-corrected chi connectivity index (χ0v) is 11.0. The lowest BCUT2D eigenvalue weighted by Gasteiger charge is -2.32. The monoisotopic (exact) mass is 300 g/mol. The molecule has 10 nitrogen and oxygen atoms in total. The van der Waals surface area contributed by atoms with Crippen LogP contribution in [0.25, 0.3) is 11.2 Å². The summed E-state index contributed by atoms with van der Waals surface area (Å²) in [5, 5.41) is 0. The van der Waals surface area contributed by atoms with Gasteiger partial charge in [-0.25, -0.2) is 4.98 Å². The molecule has 0 saturated carbocycles. The van der Waals surface area contributed by atoms with E-state index in [4.69, 9.17) is 15.4 Å². The second kappa shape index (κ2) is 4.47. The average Bonchev–Trinajstić information content (AvgIpc) is 2.92. The van der Waals surface area contributed by atoms with Crippen molar-refractivity contribution in [3.05, 3.63) is 16.7 Å². The number of nitrogens with one attached hydrogen (secondary N) is 1. The highest BCUT2D eigenvalue weighted by molar-refractivity contribution is 7.56. The second-order valence-corrected chi connectivity index (χ2v) is 6.22. The van der Waals surface area contributed by atoms with Crippen LogP contribution in [0.4, 0.5) is 5.95 Å². The van der Waals surface area contributed by atoms with Crippen LogP contribution in [-0.2, 0) is 4.74 Å². The summed E-state index contributed by atoms with van der Waals surface area (Å²) in [6.45, 7) is 0.0668.